The van der Waals surface area contributed by atoms with Gasteiger partial charge in [-0.15, -0.1) is 0 Å². The summed E-state index contributed by atoms with van der Waals surface area (Å²) in [4.78, 5) is 2.03. The molecule has 0 fully saturated rings. The Balaban J connectivity index is 2.48. The highest BCUT2D eigenvalue weighted by atomic mass is 79.9. The van der Waals surface area contributed by atoms with Crippen LogP contribution in [0.4, 0.5) is 4.39 Å². The standard InChI is InChI=1S/C12H14BrFN2/c1-16(7-2-6-15)8-5-10-9-11(13)3-4-12(10)14/h3-4,9H,2,5,7-8H2,1H3. The molecule has 86 valence electrons. The molecule has 0 radical (unpaired) electrons. The molecule has 1 aromatic carbocycles. The predicted molar refractivity (Wildman–Crippen MR) is 65.5 cm³/mol. The van der Waals surface area contributed by atoms with Crippen LogP contribution in [0.3, 0.4) is 0 Å². The first kappa shape index (κ1) is 13.1. The third-order valence-electron chi connectivity index (χ3n) is 2.38. The van der Waals surface area contributed by atoms with Crippen molar-refractivity contribution in [3.05, 3.63) is 34.1 Å². The van der Waals surface area contributed by atoms with E-state index in [9.17, 15) is 4.39 Å². The van der Waals surface area contributed by atoms with Gasteiger partial charge in [0.05, 0.1) is 6.07 Å². The van der Waals surface area contributed by atoms with Crippen LogP contribution in [0, 0.1) is 17.1 Å². The van der Waals surface area contributed by atoms with Crippen LogP contribution in [-0.2, 0) is 6.42 Å². The van der Waals surface area contributed by atoms with Crippen LogP contribution < -0.4 is 0 Å². The molecule has 0 N–H and O–H groups in total. The Morgan fingerprint density at radius 1 is 1.44 bits per heavy atom. The number of likely N-dealkylation sites (N-methyl/N-ethyl adjacent to an activating group) is 1. The summed E-state index contributed by atoms with van der Waals surface area (Å²) < 4.78 is 14.3. The lowest BCUT2D eigenvalue weighted by molar-refractivity contribution is 0.345. The molecule has 1 aromatic rings. The molecule has 0 aromatic heterocycles. The van der Waals surface area contributed by atoms with Gasteiger partial charge in [-0.1, -0.05) is 15.9 Å². The maximum atomic E-state index is 13.4. The first-order valence-electron chi connectivity index (χ1n) is 5.13. The quantitative estimate of drug-likeness (QED) is 0.831. The summed E-state index contributed by atoms with van der Waals surface area (Å²) in [5.41, 5.74) is 0.707. The van der Waals surface area contributed by atoms with Crippen molar-refractivity contribution in [2.24, 2.45) is 0 Å². The van der Waals surface area contributed by atoms with E-state index in [1.54, 1.807) is 12.1 Å². The fourth-order valence-corrected chi connectivity index (χ4v) is 1.81. The van der Waals surface area contributed by atoms with Gasteiger partial charge in [0.1, 0.15) is 5.82 Å². The molecular weight excluding hydrogens is 271 g/mol. The molecule has 0 unspecified atom stereocenters. The van der Waals surface area contributed by atoms with Crippen molar-refractivity contribution in [1.29, 1.82) is 5.26 Å². The second-order valence-electron chi connectivity index (χ2n) is 3.70. The number of rotatable bonds is 5. The average Bonchev–Trinajstić information content (AvgIpc) is 2.27. The minimum Gasteiger partial charge on any atom is -0.305 e. The van der Waals surface area contributed by atoms with Gasteiger partial charge >= 0.3 is 0 Å². The first-order valence-corrected chi connectivity index (χ1v) is 5.92. The largest absolute Gasteiger partial charge is 0.305 e. The lowest BCUT2D eigenvalue weighted by Crippen LogP contribution is -2.22. The average molecular weight is 285 g/mol. The van der Waals surface area contributed by atoms with Gasteiger partial charge in [-0.3, -0.25) is 0 Å². The van der Waals surface area contributed by atoms with E-state index in [1.165, 1.54) is 6.07 Å². The van der Waals surface area contributed by atoms with Gasteiger partial charge in [0.15, 0.2) is 0 Å². The van der Waals surface area contributed by atoms with E-state index in [1.807, 2.05) is 11.9 Å². The molecule has 4 heteroatoms. The molecule has 0 bridgehead atoms. The van der Waals surface area contributed by atoms with Crippen LogP contribution in [0.5, 0.6) is 0 Å². The zero-order chi connectivity index (χ0) is 12.0. The second kappa shape index (κ2) is 6.62. The van der Waals surface area contributed by atoms with Crippen molar-refractivity contribution < 1.29 is 4.39 Å². The van der Waals surface area contributed by atoms with Gasteiger partial charge in [-0.2, -0.15) is 5.26 Å². The molecule has 0 atom stereocenters. The number of nitriles is 1. The van der Waals surface area contributed by atoms with Crippen LogP contribution in [0.1, 0.15) is 12.0 Å². The molecule has 0 spiro atoms. The molecule has 0 aliphatic heterocycles. The molecular formula is C12H14BrFN2. The molecule has 16 heavy (non-hydrogen) atoms. The maximum Gasteiger partial charge on any atom is 0.126 e. The summed E-state index contributed by atoms with van der Waals surface area (Å²) in [5, 5.41) is 8.44. The van der Waals surface area contributed by atoms with Gasteiger partial charge in [0, 0.05) is 24.0 Å². The minimum absolute atomic E-state index is 0.170. The normalized spacial score (nSPS) is 10.4. The van der Waals surface area contributed by atoms with Crippen LogP contribution in [0.25, 0.3) is 0 Å². The molecule has 0 aliphatic rings. The van der Waals surface area contributed by atoms with E-state index in [-0.39, 0.29) is 5.82 Å². The Hall–Kier alpha value is -0.920. The molecule has 1 rings (SSSR count). The summed E-state index contributed by atoms with van der Waals surface area (Å²) in [6.45, 7) is 1.49. The number of hydrogen-bond acceptors (Lipinski definition) is 2. The zero-order valence-corrected chi connectivity index (χ0v) is 10.8. The Kier molecular flexibility index (Phi) is 5.44. The highest BCUT2D eigenvalue weighted by molar-refractivity contribution is 9.10. The highest BCUT2D eigenvalue weighted by Crippen LogP contribution is 2.16. The van der Waals surface area contributed by atoms with Crippen molar-refractivity contribution in [1.82, 2.24) is 4.90 Å². The second-order valence-corrected chi connectivity index (χ2v) is 4.61. The molecule has 0 amide bonds. The van der Waals surface area contributed by atoms with E-state index >= 15 is 0 Å². The fourth-order valence-electron chi connectivity index (χ4n) is 1.40. The summed E-state index contributed by atoms with van der Waals surface area (Å²) in [7, 11) is 1.94. The number of nitrogens with zero attached hydrogens (tertiary/aromatic N) is 2. The number of benzene rings is 1. The van der Waals surface area contributed by atoms with Gasteiger partial charge in [-0.05, 0) is 37.2 Å². The van der Waals surface area contributed by atoms with Gasteiger partial charge in [0.25, 0.3) is 0 Å². The van der Waals surface area contributed by atoms with E-state index < -0.39 is 0 Å². The topological polar surface area (TPSA) is 27.0 Å². The van der Waals surface area contributed by atoms with E-state index in [0.29, 0.717) is 18.4 Å². The van der Waals surface area contributed by atoms with Crippen LogP contribution in [-0.4, -0.2) is 25.0 Å². The van der Waals surface area contributed by atoms with Crippen molar-refractivity contribution in [2.75, 3.05) is 20.1 Å². The SMILES string of the molecule is CN(CCC#N)CCc1cc(Br)ccc1F. The Bertz CT molecular complexity index is 387. The third-order valence-corrected chi connectivity index (χ3v) is 2.87. The molecule has 0 saturated carbocycles. The van der Waals surface area contributed by atoms with E-state index in [4.69, 9.17) is 5.26 Å². The van der Waals surface area contributed by atoms with E-state index in [0.717, 1.165) is 17.6 Å². The van der Waals surface area contributed by atoms with Crippen molar-refractivity contribution in [3.63, 3.8) is 0 Å². The monoisotopic (exact) mass is 284 g/mol. The third kappa shape index (κ3) is 4.30. The Labute approximate surface area is 104 Å². The smallest absolute Gasteiger partial charge is 0.126 e. The molecule has 0 aliphatic carbocycles. The Morgan fingerprint density at radius 2 is 2.19 bits per heavy atom. The maximum absolute atomic E-state index is 13.4. The predicted octanol–water partition coefficient (Wildman–Crippen LogP) is 2.98. The zero-order valence-electron chi connectivity index (χ0n) is 9.21. The lowest BCUT2D eigenvalue weighted by Gasteiger charge is -2.14. The molecule has 2 nitrogen and oxygen atoms in total. The summed E-state index contributed by atoms with van der Waals surface area (Å²) in [6.07, 6.45) is 1.17. The van der Waals surface area contributed by atoms with Crippen molar-refractivity contribution in [3.8, 4) is 6.07 Å². The first-order chi connectivity index (χ1) is 7.63. The van der Waals surface area contributed by atoms with Crippen molar-refractivity contribution in [2.45, 2.75) is 12.8 Å². The molecule has 0 heterocycles. The van der Waals surface area contributed by atoms with Crippen molar-refractivity contribution >= 4 is 15.9 Å². The van der Waals surface area contributed by atoms with Crippen LogP contribution >= 0.6 is 15.9 Å². The minimum atomic E-state index is -0.170. The lowest BCUT2D eigenvalue weighted by atomic mass is 10.1. The highest BCUT2D eigenvalue weighted by Gasteiger charge is 2.04. The van der Waals surface area contributed by atoms with Crippen LogP contribution in [0.2, 0.25) is 0 Å². The molecule has 0 saturated heterocycles. The van der Waals surface area contributed by atoms with Gasteiger partial charge in [0.2, 0.25) is 0 Å². The Morgan fingerprint density at radius 3 is 2.88 bits per heavy atom. The van der Waals surface area contributed by atoms with Gasteiger partial charge < -0.3 is 4.90 Å². The van der Waals surface area contributed by atoms with Crippen LogP contribution in [0.15, 0.2) is 22.7 Å². The summed E-state index contributed by atoms with van der Waals surface area (Å²) in [5.74, 6) is -0.170. The summed E-state index contributed by atoms with van der Waals surface area (Å²) in [6, 6.07) is 7.05. The number of hydrogen-bond donors (Lipinski definition) is 0. The number of halogens is 2. The van der Waals surface area contributed by atoms with E-state index in [2.05, 4.69) is 22.0 Å². The fraction of sp³-hybridized carbons (Fsp3) is 0.417. The summed E-state index contributed by atoms with van der Waals surface area (Å²) >= 11 is 3.32. The van der Waals surface area contributed by atoms with Gasteiger partial charge in [-0.25, -0.2) is 4.39 Å².